The number of amides is 1. The highest BCUT2D eigenvalue weighted by atomic mass is 32.2. The molecule has 0 bridgehead atoms. The summed E-state index contributed by atoms with van der Waals surface area (Å²) in [4.78, 5) is 16.9. The van der Waals surface area contributed by atoms with Crippen LogP contribution in [0.4, 0.5) is 0 Å². The zero-order valence-electron chi connectivity index (χ0n) is 13.2. The molecule has 1 aromatic rings. The van der Waals surface area contributed by atoms with Crippen molar-refractivity contribution < 1.29 is 13.2 Å². The first kappa shape index (κ1) is 16.5. The van der Waals surface area contributed by atoms with Crippen molar-refractivity contribution in [2.45, 2.75) is 30.6 Å². The van der Waals surface area contributed by atoms with Gasteiger partial charge in [-0.15, -0.1) is 0 Å². The number of nitrogens with zero attached hydrogens (tertiary/aromatic N) is 1. The first-order valence-corrected chi connectivity index (χ1v) is 9.73. The maximum atomic E-state index is 12.4. The summed E-state index contributed by atoms with van der Waals surface area (Å²) in [5.74, 6) is 0.198. The lowest BCUT2D eigenvalue weighted by molar-refractivity contribution is 0.0787. The zero-order chi connectivity index (χ0) is 16.3. The predicted octanol–water partition coefficient (Wildman–Crippen LogP) is 0.529. The van der Waals surface area contributed by atoms with Gasteiger partial charge < -0.3 is 15.2 Å². The highest BCUT2D eigenvalue weighted by Crippen LogP contribution is 2.16. The van der Waals surface area contributed by atoms with Gasteiger partial charge in [0.2, 0.25) is 10.0 Å². The van der Waals surface area contributed by atoms with Crippen LogP contribution in [-0.4, -0.2) is 56.9 Å². The molecule has 7 nitrogen and oxygen atoms in total. The molecule has 2 saturated heterocycles. The third kappa shape index (κ3) is 3.94. The van der Waals surface area contributed by atoms with E-state index in [0.29, 0.717) is 18.2 Å². The van der Waals surface area contributed by atoms with Crippen LogP contribution in [0, 0.1) is 5.92 Å². The van der Waals surface area contributed by atoms with Gasteiger partial charge in [0.1, 0.15) is 10.6 Å². The number of carbonyl (C=O) groups is 1. The van der Waals surface area contributed by atoms with E-state index < -0.39 is 10.0 Å². The summed E-state index contributed by atoms with van der Waals surface area (Å²) in [7, 11) is -3.58. The van der Waals surface area contributed by atoms with Crippen LogP contribution in [0.15, 0.2) is 17.2 Å². The van der Waals surface area contributed by atoms with Crippen molar-refractivity contribution in [1.29, 1.82) is 0 Å². The summed E-state index contributed by atoms with van der Waals surface area (Å²) in [6.07, 6.45) is 5.51. The maximum absolute atomic E-state index is 12.4. The third-order valence-corrected chi connectivity index (χ3v) is 5.95. The van der Waals surface area contributed by atoms with Gasteiger partial charge in [-0.2, -0.15) is 0 Å². The number of sulfonamides is 1. The molecule has 23 heavy (non-hydrogen) atoms. The molecule has 128 valence electrons. The highest BCUT2D eigenvalue weighted by molar-refractivity contribution is 7.89. The number of nitrogens with one attached hydrogen (secondary N) is 3. The monoisotopic (exact) mass is 340 g/mol. The Hall–Kier alpha value is -1.38. The fourth-order valence-corrected chi connectivity index (χ4v) is 4.26. The molecule has 1 aromatic heterocycles. The second-order valence-electron chi connectivity index (χ2n) is 6.31. The maximum Gasteiger partial charge on any atom is 0.270 e. The Morgan fingerprint density at radius 3 is 2.78 bits per heavy atom. The van der Waals surface area contributed by atoms with Crippen molar-refractivity contribution in [3.8, 4) is 0 Å². The number of hydrogen-bond donors (Lipinski definition) is 3. The molecule has 0 aromatic carbocycles. The molecule has 3 rings (SSSR count). The molecule has 0 saturated carbocycles. The fraction of sp³-hybridized carbons (Fsp3) is 0.667. The van der Waals surface area contributed by atoms with E-state index >= 15 is 0 Å². The number of aromatic amines is 1. The summed E-state index contributed by atoms with van der Waals surface area (Å²) in [6, 6.07) is 1.43. The normalized spacial score (nSPS) is 22.4. The van der Waals surface area contributed by atoms with Crippen molar-refractivity contribution in [1.82, 2.24) is 19.9 Å². The molecule has 2 aliphatic rings. The molecule has 3 N–H and O–H groups in total. The fourth-order valence-electron chi connectivity index (χ4n) is 3.15. The Bertz CT molecular complexity index is 643. The van der Waals surface area contributed by atoms with Gasteiger partial charge in [0.15, 0.2) is 0 Å². The SMILES string of the molecule is O=C(c1cc(S(=O)(=O)NCC2CCCNC2)c[nH]1)N1CCCC1. The molecule has 3 heterocycles. The lowest BCUT2D eigenvalue weighted by atomic mass is 10.0. The van der Waals surface area contributed by atoms with E-state index in [4.69, 9.17) is 0 Å². The molecule has 1 amide bonds. The summed E-state index contributed by atoms with van der Waals surface area (Å²) in [6.45, 7) is 3.76. The second kappa shape index (κ2) is 7.02. The molecule has 0 radical (unpaired) electrons. The van der Waals surface area contributed by atoms with Crippen LogP contribution >= 0.6 is 0 Å². The molecule has 8 heteroatoms. The van der Waals surface area contributed by atoms with Crippen molar-refractivity contribution >= 4 is 15.9 Å². The second-order valence-corrected chi connectivity index (χ2v) is 8.08. The van der Waals surface area contributed by atoms with Crippen LogP contribution in [0.3, 0.4) is 0 Å². The Labute approximate surface area is 136 Å². The van der Waals surface area contributed by atoms with E-state index in [2.05, 4.69) is 15.0 Å². The van der Waals surface area contributed by atoms with Crippen LogP contribution in [0.5, 0.6) is 0 Å². The minimum absolute atomic E-state index is 0.125. The number of carbonyl (C=O) groups excluding carboxylic acids is 1. The van der Waals surface area contributed by atoms with Crippen LogP contribution in [-0.2, 0) is 10.0 Å². The Morgan fingerprint density at radius 2 is 2.09 bits per heavy atom. The minimum atomic E-state index is -3.58. The van der Waals surface area contributed by atoms with E-state index in [1.807, 2.05) is 0 Å². The molecule has 2 aliphatic heterocycles. The lowest BCUT2D eigenvalue weighted by Gasteiger charge is -2.22. The Balaban J connectivity index is 1.62. The predicted molar refractivity (Wildman–Crippen MR) is 86.7 cm³/mol. The molecule has 1 atom stereocenters. The van der Waals surface area contributed by atoms with Gasteiger partial charge in [0.25, 0.3) is 5.91 Å². The number of rotatable bonds is 5. The standard InChI is InChI=1S/C15H24N4O3S/c20-15(19-6-1-2-7-19)14-8-13(11-17-14)23(21,22)18-10-12-4-3-5-16-9-12/h8,11-12,16-18H,1-7,9-10H2. The van der Waals surface area contributed by atoms with Gasteiger partial charge >= 0.3 is 0 Å². The molecular formula is C15H24N4O3S. The first-order chi connectivity index (χ1) is 11.1. The van der Waals surface area contributed by atoms with Crippen molar-refractivity contribution in [2.24, 2.45) is 5.92 Å². The average molecular weight is 340 g/mol. The van der Waals surface area contributed by atoms with Crippen LogP contribution in [0.2, 0.25) is 0 Å². The van der Waals surface area contributed by atoms with Crippen LogP contribution in [0.1, 0.15) is 36.2 Å². The van der Waals surface area contributed by atoms with E-state index in [-0.39, 0.29) is 10.8 Å². The van der Waals surface area contributed by atoms with Crippen molar-refractivity contribution in [3.63, 3.8) is 0 Å². The summed E-state index contributed by atoms with van der Waals surface area (Å²) < 4.78 is 27.4. The number of piperidine rings is 1. The van der Waals surface area contributed by atoms with Gasteiger partial charge in [-0.25, -0.2) is 13.1 Å². The average Bonchev–Trinajstić information content (AvgIpc) is 3.25. The quantitative estimate of drug-likeness (QED) is 0.729. The lowest BCUT2D eigenvalue weighted by Crippen LogP contribution is -2.38. The number of H-pyrrole nitrogens is 1. The third-order valence-electron chi connectivity index (χ3n) is 4.55. The van der Waals surface area contributed by atoms with Gasteiger partial charge in [-0.05, 0) is 50.8 Å². The van der Waals surface area contributed by atoms with Gasteiger partial charge in [-0.1, -0.05) is 0 Å². The molecule has 0 spiro atoms. The Morgan fingerprint density at radius 1 is 1.30 bits per heavy atom. The number of aromatic nitrogens is 1. The van der Waals surface area contributed by atoms with Crippen molar-refractivity contribution in [3.05, 3.63) is 18.0 Å². The molecule has 1 unspecified atom stereocenters. The smallest absolute Gasteiger partial charge is 0.270 e. The summed E-state index contributed by atoms with van der Waals surface area (Å²) in [5, 5.41) is 3.27. The van der Waals surface area contributed by atoms with Gasteiger partial charge in [0, 0.05) is 25.8 Å². The van der Waals surface area contributed by atoms with Crippen LogP contribution in [0.25, 0.3) is 0 Å². The van der Waals surface area contributed by atoms with E-state index in [0.717, 1.165) is 51.9 Å². The summed E-state index contributed by atoms with van der Waals surface area (Å²) in [5.41, 5.74) is 0.339. The largest absolute Gasteiger partial charge is 0.356 e. The van der Waals surface area contributed by atoms with Gasteiger partial charge in [0.05, 0.1) is 0 Å². The van der Waals surface area contributed by atoms with Crippen LogP contribution < -0.4 is 10.0 Å². The number of likely N-dealkylation sites (tertiary alicyclic amines) is 1. The number of hydrogen-bond acceptors (Lipinski definition) is 4. The zero-order valence-corrected chi connectivity index (χ0v) is 14.0. The van der Waals surface area contributed by atoms with Gasteiger partial charge in [-0.3, -0.25) is 4.79 Å². The minimum Gasteiger partial charge on any atom is -0.356 e. The molecule has 2 fully saturated rings. The molecule has 0 aliphatic carbocycles. The van der Waals surface area contributed by atoms with Crippen molar-refractivity contribution in [2.75, 3.05) is 32.7 Å². The molecular weight excluding hydrogens is 316 g/mol. The van der Waals surface area contributed by atoms with E-state index in [1.54, 1.807) is 4.90 Å². The summed E-state index contributed by atoms with van der Waals surface area (Å²) >= 11 is 0. The Kier molecular flexibility index (Phi) is 5.03. The highest BCUT2D eigenvalue weighted by Gasteiger charge is 2.24. The topological polar surface area (TPSA) is 94.3 Å². The van der Waals surface area contributed by atoms with E-state index in [9.17, 15) is 13.2 Å². The van der Waals surface area contributed by atoms with E-state index in [1.165, 1.54) is 12.3 Å². The first-order valence-electron chi connectivity index (χ1n) is 8.24.